The van der Waals surface area contributed by atoms with Crippen LogP contribution in [0.2, 0.25) is 0 Å². The van der Waals surface area contributed by atoms with E-state index in [1.165, 1.54) is 7.11 Å². The molecule has 2 heterocycles. The van der Waals surface area contributed by atoms with Crippen LogP contribution in [-0.4, -0.2) is 66.1 Å². The van der Waals surface area contributed by atoms with Crippen LogP contribution in [0.4, 0.5) is 0 Å². The second-order valence-electron chi connectivity index (χ2n) is 7.57. The van der Waals surface area contributed by atoms with Crippen molar-refractivity contribution >= 4 is 11.9 Å². The van der Waals surface area contributed by atoms with Crippen LogP contribution in [0.3, 0.4) is 0 Å². The Morgan fingerprint density at radius 3 is 2.48 bits per heavy atom. The first-order valence-electron chi connectivity index (χ1n) is 9.93. The van der Waals surface area contributed by atoms with E-state index in [4.69, 9.17) is 4.74 Å². The van der Waals surface area contributed by atoms with Gasteiger partial charge >= 0.3 is 5.97 Å². The third kappa shape index (κ3) is 4.87. The largest absolute Gasteiger partial charge is 0.469 e. The molecule has 0 aliphatic carbocycles. The molecule has 0 spiro atoms. The van der Waals surface area contributed by atoms with Gasteiger partial charge in [-0.15, -0.1) is 0 Å². The van der Waals surface area contributed by atoms with Crippen LogP contribution in [0.1, 0.15) is 43.8 Å². The van der Waals surface area contributed by atoms with E-state index in [0.29, 0.717) is 32.5 Å². The van der Waals surface area contributed by atoms with Crippen LogP contribution in [0, 0.1) is 5.92 Å². The Morgan fingerprint density at radius 2 is 1.81 bits per heavy atom. The van der Waals surface area contributed by atoms with Crippen molar-refractivity contribution in [3.8, 4) is 0 Å². The van der Waals surface area contributed by atoms with Gasteiger partial charge in [-0.2, -0.15) is 0 Å². The number of aliphatic hydroxyl groups is 1. The lowest BCUT2D eigenvalue weighted by atomic mass is 9.92. The summed E-state index contributed by atoms with van der Waals surface area (Å²) in [4.78, 5) is 28.4. The number of esters is 1. The number of nitrogens with zero attached hydrogens (tertiary/aromatic N) is 2. The van der Waals surface area contributed by atoms with Crippen LogP contribution in [-0.2, 0) is 14.3 Å². The number of piperidine rings is 2. The van der Waals surface area contributed by atoms with Gasteiger partial charge in [0.05, 0.1) is 25.7 Å². The lowest BCUT2D eigenvalue weighted by Gasteiger charge is -2.40. The van der Waals surface area contributed by atoms with E-state index in [1.807, 2.05) is 35.2 Å². The summed E-state index contributed by atoms with van der Waals surface area (Å²) in [5.74, 6) is -0.184. The van der Waals surface area contributed by atoms with Gasteiger partial charge in [0.1, 0.15) is 0 Å². The predicted octanol–water partition coefficient (Wildman–Crippen LogP) is 1.99. The fourth-order valence-electron chi connectivity index (χ4n) is 4.25. The Morgan fingerprint density at radius 1 is 1.11 bits per heavy atom. The average Bonchev–Trinajstić information content (AvgIpc) is 2.73. The minimum Gasteiger partial charge on any atom is -0.469 e. The van der Waals surface area contributed by atoms with E-state index >= 15 is 0 Å². The molecule has 2 saturated heterocycles. The second kappa shape index (κ2) is 9.33. The van der Waals surface area contributed by atoms with Gasteiger partial charge in [-0.05, 0) is 37.8 Å². The van der Waals surface area contributed by atoms with Gasteiger partial charge in [-0.25, -0.2) is 0 Å². The molecule has 1 amide bonds. The van der Waals surface area contributed by atoms with Crippen LogP contribution in [0.15, 0.2) is 30.3 Å². The van der Waals surface area contributed by atoms with E-state index in [9.17, 15) is 14.7 Å². The van der Waals surface area contributed by atoms with Crippen molar-refractivity contribution < 1.29 is 19.4 Å². The zero-order chi connectivity index (χ0) is 19.2. The summed E-state index contributed by atoms with van der Waals surface area (Å²) in [5, 5.41) is 10.8. The fraction of sp³-hybridized carbons (Fsp3) is 0.619. The maximum Gasteiger partial charge on any atom is 0.308 e. The Bertz CT molecular complexity index is 628. The quantitative estimate of drug-likeness (QED) is 0.798. The van der Waals surface area contributed by atoms with Crippen LogP contribution in [0.25, 0.3) is 0 Å². The molecular formula is C21H30N2O4. The zero-order valence-corrected chi connectivity index (χ0v) is 16.0. The molecule has 6 nitrogen and oxygen atoms in total. The molecular weight excluding hydrogens is 344 g/mol. The van der Waals surface area contributed by atoms with Gasteiger partial charge in [0.25, 0.3) is 0 Å². The number of aliphatic hydroxyl groups excluding tert-OH is 1. The Balaban J connectivity index is 1.58. The highest BCUT2D eigenvalue weighted by Gasteiger charge is 2.33. The predicted molar refractivity (Wildman–Crippen MR) is 102 cm³/mol. The van der Waals surface area contributed by atoms with Crippen molar-refractivity contribution in [1.29, 1.82) is 0 Å². The standard InChI is InChI=1S/C21H30N2O4/c1-27-21(26)17-10-13-22(14-11-17)19(24)15-23-12-6-5-9-18(23)20(25)16-7-3-2-4-8-16/h2-4,7-8,17-18,20,25H,5-6,9-15H2,1H3/t18-,20-/m1/s1. The SMILES string of the molecule is COC(=O)C1CCN(C(=O)CN2CCCC[C@@H]2[C@H](O)c2ccccc2)CC1. The van der Waals surface area contributed by atoms with E-state index in [0.717, 1.165) is 31.4 Å². The first-order valence-corrected chi connectivity index (χ1v) is 9.93. The number of methoxy groups -OCH3 is 1. The molecule has 1 N–H and O–H groups in total. The molecule has 6 heteroatoms. The number of amides is 1. The molecule has 2 aliphatic rings. The molecule has 1 aromatic rings. The molecule has 2 atom stereocenters. The summed E-state index contributed by atoms with van der Waals surface area (Å²) in [6.45, 7) is 2.35. The van der Waals surface area contributed by atoms with Gasteiger partial charge in [-0.3, -0.25) is 14.5 Å². The van der Waals surface area contributed by atoms with Gasteiger partial charge in [0, 0.05) is 19.1 Å². The lowest BCUT2D eigenvalue weighted by Crippen LogP contribution is -2.50. The number of hydrogen-bond donors (Lipinski definition) is 1. The smallest absolute Gasteiger partial charge is 0.308 e. The van der Waals surface area contributed by atoms with Gasteiger partial charge < -0.3 is 14.7 Å². The third-order valence-corrected chi connectivity index (χ3v) is 5.89. The number of hydrogen-bond acceptors (Lipinski definition) is 5. The second-order valence-corrected chi connectivity index (χ2v) is 7.57. The van der Waals surface area contributed by atoms with Crippen molar-refractivity contribution in [3.05, 3.63) is 35.9 Å². The first kappa shape index (κ1) is 19.8. The highest BCUT2D eigenvalue weighted by atomic mass is 16.5. The van der Waals surface area contributed by atoms with Crippen molar-refractivity contribution in [2.45, 2.75) is 44.2 Å². The number of ether oxygens (including phenoxy) is 1. The molecule has 3 rings (SSSR count). The van der Waals surface area contributed by atoms with E-state index in [1.54, 1.807) is 0 Å². The molecule has 0 unspecified atom stereocenters. The lowest BCUT2D eigenvalue weighted by molar-refractivity contribution is -0.149. The summed E-state index contributed by atoms with van der Waals surface area (Å²) in [5.41, 5.74) is 0.903. The summed E-state index contributed by atoms with van der Waals surface area (Å²) < 4.78 is 4.81. The molecule has 0 radical (unpaired) electrons. The number of carbonyl (C=O) groups excluding carboxylic acids is 2. The van der Waals surface area contributed by atoms with Crippen LogP contribution < -0.4 is 0 Å². The van der Waals surface area contributed by atoms with Crippen molar-refractivity contribution in [2.75, 3.05) is 33.3 Å². The molecule has 1 aromatic carbocycles. The maximum absolute atomic E-state index is 12.8. The number of carbonyl (C=O) groups is 2. The summed E-state index contributed by atoms with van der Waals surface area (Å²) in [6.07, 6.45) is 3.76. The van der Waals surface area contributed by atoms with E-state index in [-0.39, 0.29) is 23.8 Å². The van der Waals surface area contributed by atoms with Crippen molar-refractivity contribution in [3.63, 3.8) is 0 Å². The first-order chi connectivity index (χ1) is 13.1. The minimum atomic E-state index is -0.579. The van der Waals surface area contributed by atoms with E-state index < -0.39 is 6.10 Å². The van der Waals surface area contributed by atoms with Gasteiger partial charge in [-0.1, -0.05) is 36.8 Å². The van der Waals surface area contributed by atoms with Crippen molar-refractivity contribution in [1.82, 2.24) is 9.80 Å². The molecule has 0 aromatic heterocycles. The molecule has 148 valence electrons. The molecule has 0 bridgehead atoms. The van der Waals surface area contributed by atoms with Crippen LogP contribution in [0.5, 0.6) is 0 Å². The number of benzene rings is 1. The highest BCUT2D eigenvalue weighted by Crippen LogP contribution is 2.29. The molecule has 0 saturated carbocycles. The summed E-state index contributed by atoms with van der Waals surface area (Å²) in [7, 11) is 1.41. The summed E-state index contributed by atoms with van der Waals surface area (Å²) in [6, 6.07) is 9.66. The van der Waals surface area contributed by atoms with Gasteiger partial charge in [0.2, 0.25) is 5.91 Å². The summed E-state index contributed by atoms with van der Waals surface area (Å²) >= 11 is 0. The highest BCUT2D eigenvalue weighted by molar-refractivity contribution is 5.79. The zero-order valence-electron chi connectivity index (χ0n) is 16.0. The Kier molecular flexibility index (Phi) is 6.85. The minimum absolute atomic E-state index is 0.0299. The third-order valence-electron chi connectivity index (χ3n) is 5.89. The Labute approximate surface area is 161 Å². The average molecular weight is 374 g/mol. The molecule has 2 fully saturated rings. The van der Waals surface area contributed by atoms with Crippen LogP contribution >= 0.6 is 0 Å². The topological polar surface area (TPSA) is 70.1 Å². The normalized spacial score (nSPS) is 23.0. The number of rotatable bonds is 5. The van der Waals surface area contributed by atoms with Gasteiger partial charge in [0.15, 0.2) is 0 Å². The maximum atomic E-state index is 12.8. The molecule has 2 aliphatic heterocycles. The number of likely N-dealkylation sites (tertiary alicyclic amines) is 2. The molecule has 27 heavy (non-hydrogen) atoms. The Hall–Kier alpha value is -1.92. The van der Waals surface area contributed by atoms with E-state index in [2.05, 4.69) is 4.90 Å². The monoisotopic (exact) mass is 374 g/mol. The van der Waals surface area contributed by atoms with Crippen molar-refractivity contribution in [2.24, 2.45) is 5.92 Å². The fourth-order valence-corrected chi connectivity index (χ4v) is 4.25.